The quantitative estimate of drug-likeness (QED) is 0.450. The van der Waals surface area contributed by atoms with Crippen LogP contribution in [0.15, 0.2) is 36.4 Å². The van der Waals surface area contributed by atoms with Gasteiger partial charge in [0.2, 0.25) is 5.95 Å². The standard InChI is InChI=1S/C21H21N5O4/c1-3-30-20(28)17-9-8-16-18(23-17)26(10-5-11-29-2)21(24-16)25-19(27)15-7-4-6-14(12-15)13-22/h4,6-9,12H,3,5,10-11H2,1-2H3,(H,24,25,27). The third-order valence-electron chi connectivity index (χ3n) is 4.29. The fraction of sp³-hybridized carbons (Fsp3) is 0.286. The highest BCUT2D eigenvalue weighted by Gasteiger charge is 2.18. The lowest BCUT2D eigenvalue weighted by atomic mass is 10.1. The van der Waals surface area contributed by atoms with Crippen molar-refractivity contribution >= 4 is 29.0 Å². The fourth-order valence-corrected chi connectivity index (χ4v) is 2.90. The van der Waals surface area contributed by atoms with Gasteiger partial charge < -0.3 is 9.47 Å². The zero-order valence-corrected chi connectivity index (χ0v) is 16.7. The minimum Gasteiger partial charge on any atom is -0.461 e. The lowest BCUT2D eigenvalue weighted by Crippen LogP contribution is -2.17. The Morgan fingerprint density at radius 3 is 2.80 bits per heavy atom. The van der Waals surface area contributed by atoms with Crippen LogP contribution in [0.5, 0.6) is 0 Å². The Labute approximate surface area is 173 Å². The van der Waals surface area contributed by atoms with Crippen molar-refractivity contribution in [2.45, 2.75) is 19.9 Å². The lowest BCUT2D eigenvalue weighted by molar-refractivity contribution is 0.0519. The van der Waals surface area contributed by atoms with Crippen molar-refractivity contribution in [2.24, 2.45) is 0 Å². The third kappa shape index (κ3) is 4.61. The number of nitrogens with one attached hydrogen (secondary N) is 1. The molecule has 0 fully saturated rings. The summed E-state index contributed by atoms with van der Waals surface area (Å²) < 4.78 is 11.9. The number of hydrogen-bond donors (Lipinski definition) is 1. The molecule has 0 atom stereocenters. The number of esters is 1. The van der Waals surface area contributed by atoms with E-state index in [9.17, 15) is 9.59 Å². The second kappa shape index (κ2) is 9.62. The molecule has 9 heteroatoms. The first-order valence-electron chi connectivity index (χ1n) is 9.42. The fourth-order valence-electron chi connectivity index (χ4n) is 2.90. The molecule has 9 nitrogen and oxygen atoms in total. The molecule has 0 aliphatic carbocycles. The van der Waals surface area contributed by atoms with Crippen LogP contribution in [-0.2, 0) is 16.0 Å². The van der Waals surface area contributed by atoms with Crippen LogP contribution in [0.1, 0.15) is 39.8 Å². The monoisotopic (exact) mass is 407 g/mol. The number of imidazole rings is 1. The highest BCUT2D eigenvalue weighted by molar-refractivity contribution is 6.04. The molecule has 1 aromatic carbocycles. The molecule has 1 N–H and O–H groups in total. The van der Waals surface area contributed by atoms with E-state index in [0.29, 0.717) is 47.8 Å². The van der Waals surface area contributed by atoms with Gasteiger partial charge in [0.15, 0.2) is 11.3 Å². The van der Waals surface area contributed by atoms with Crippen LogP contribution in [0.2, 0.25) is 0 Å². The minimum absolute atomic E-state index is 0.164. The number of anilines is 1. The number of fused-ring (bicyclic) bond motifs is 1. The van der Waals surface area contributed by atoms with E-state index in [-0.39, 0.29) is 12.3 Å². The van der Waals surface area contributed by atoms with Crippen LogP contribution in [0.25, 0.3) is 11.2 Å². The molecule has 2 aromatic heterocycles. The van der Waals surface area contributed by atoms with E-state index < -0.39 is 11.9 Å². The van der Waals surface area contributed by atoms with E-state index in [4.69, 9.17) is 14.7 Å². The van der Waals surface area contributed by atoms with Gasteiger partial charge in [0.05, 0.1) is 18.2 Å². The average Bonchev–Trinajstić information content (AvgIpc) is 3.10. The summed E-state index contributed by atoms with van der Waals surface area (Å²) in [7, 11) is 1.61. The van der Waals surface area contributed by atoms with Crippen LogP contribution in [0.4, 0.5) is 5.95 Å². The first-order valence-corrected chi connectivity index (χ1v) is 9.42. The van der Waals surface area contributed by atoms with E-state index >= 15 is 0 Å². The summed E-state index contributed by atoms with van der Waals surface area (Å²) in [6, 6.07) is 11.6. The molecular weight excluding hydrogens is 386 g/mol. The molecule has 1 amide bonds. The van der Waals surface area contributed by atoms with E-state index in [2.05, 4.69) is 15.3 Å². The number of carbonyl (C=O) groups excluding carboxylic acids is 2. The largest absolute Gasteiger partial charge is 0.461 e. The first-order chi connectivity index (χ1) is 14.6. The van der Waals surface area contributed by atoms with Crippen LogP contribution >= 0.6 is 0 Å². The summed E-state index contributed by atoms with van der Waals surface area (Å²) in [6.45, 7) is 2.95. The number of benzene rings is 1. The zero-order chi connectivity index (χ0) is 21.5. The molecular formula is C21H21N5O4. The molecule has 3 aromatic rings. The van der Waals surface area contributed by atoms with E-state index in [0.717, 1.165) is 0 Å². The van der Waals surface area contributed by atoms with Crippen molar-refractivity contribution < 1.29 is 19.1 Å². The smallest absolute Gasteiger partial charge is 0.357 e. The number of nitrogens with zero attached hydrogens (tertiary/aromatic N) is 4. The minimum atomic E-state index is -0.525. The van der Waals surface area contributed by atoms with Crippen molar-refractivity contribution in [1.82, 2.24) is 14.5 Å². The van der Waals surface area contributed by atoms with Gasteiger partial charge in [0.1, 0.15) is 5.52 Å². The molecule has 3 rings (SSSR count). The number of carbonyl (C=O) groups is 2. The highest BCUT2D eigenvalue weighted by Crippen LogP contribution is 2.20. The van der Waals surface area contributed by atoms with Crippen LogP contribution < -0.4 is 5.32 Å². The van der Waals surface area contributed by atoms with Crippen LogP contribution in [0.3, 0.4) is 0 Å². The number of hydrogen-bond acceptors (Lipinski definition) is 7. The van der Waals surface area contributed by atoms with Crippen molar-refractivity contribution in [2.75, 3.05) is 25.6 Å². The van der Waals surface area contributed by atoms with E-state index in [1.165, 1.54) is 12.1 Å². The molecule has 2 heterocycles. The molecule has 154 valence electrons. The summed E-state index contributed by atoms with van der Waals surface area (Å²) in [5, 5.41) is 11.8. The van der Waals surface area contributed by atoms with E-state index in [1.54, 1.807) is 42.9 Å². The van der Waals surface area contributed by atoms with Gasteiger partial charge in [0.25, 0.3) is 5.91 Å². The second-order valence-corrected chi connectivity index (χ2v) is 6.34. The Balaban J connectivity index is 1.97. The Bertz CT molecular complexity index is 1120. The van der Waals surface area contributed by atoms with Gasteiger partial charge >= 0.3 is 5.97 Å². The Morgan fingerprint density at radius 2 is 2.07 bits per heavy atom. The molecule has 0 spiro atoms. The van der Waals surface area contributed by atoms with Crippen molar-refractivity contribution in [3.63, 3.8) is 0 Å². The summed E-state index contributed by atoms with van der Waals surface area (Å²) >= 11 is 0. The zero-order valence-electron chi connectivity index (χ0n) is 16.7. The molecule has 0 aliphatic heterocycles. The number of aryl methyl sites for hydroxylation is 1. The molecule has 0 bridgehead atoms. The third-order valence-corrected chi connectivity index (χ3v) is 4.29. The van der Waals surface area contributed by atoms with Gasteiger partial charge in [-0.3, -0.25) is 14.7 Å². The number of nitriles is 1. The lowest BCUT2D eigenvalue weighted by Gasteiger charge is -2.10. The summed E-state index contributed by atoms with van der Waals surface area (Å²) in [6.07, 6.45) is 0.653. The van der Waals surface area contributed by atoms with Gasteiger partial charge in [-0.05, 0) is 43.7 Å². The Hall–Kier alpha value is -3.77. The number of ether oxygens (including phenoxy) is 2. The Kier molecular flexibility index (Phi) is 6.72. The average molecular weight is 407 g/mol. The Morgan fingerprint density at radius 1 is 1.23 bits per heavy atom. The number of amides is 1. The normalized spacial score (nSPS) is 10.6. The number of methoxy groups -OCH3 is 1. The van der Waals surface area contributed by atoms with Crippen LogP contribution in [0, 0.1) is 11.3 Å². The maximum absolute atomic E-state index is 12.7. The molecule has 0 aliphatic rings. The predicted octanol–water partition coefficient (Wildman–Crippen LogP) is 2.77. The second-order valence-electron chi connectivity index (χ2n) is 6.34. The van der Waals surface area contributed by atoms with E-state index in [1.807, 2.05) is 6.07 Å². The maximum atomic E-state index is 12.7. The van der Waals surface area contributed by atoms with Crippen molar-refractivity contribution in [3.05, 3.63) is 53.2 Å². The number of aromatic nitrogens is 3. The molecule has 0 saturated carbocycles. The van der Waals surface area contributed by atoms with Crippen molar-refractivity contribution in [1.29, 1.82) is 5.26 Å². The highest BCUT2D eigenvalue weighted by atomic mass is 16.5. The van der Waals surface area contributed by atoms with Crippen molar-refractivity contribution in [3.8, 4) is 6.07 Å². The van der Waals surface area contributed by atoms with Gasteiger partial charge in [-0.15, -0.1) is 0 Å². The molecule has 0 radical (unpaired) electrons. The summed E-state index contributed by atoms with van der Waals surface area (Å²) in [5.74, 6) is -0.633. The molecule has 0 saturated heterocycles. The van der Waals surface area contributed by atoms with Gasteiger partial charge in [-0.25, -0.2) is 14.8 Å². The van der Waals surface area contributed by atoms with Crippen LogP contribution in [-0.4, -0.2) is 46.7 Å². The summed E-state index contributed by atoms with van der Waals surface area (Å²) in [5.41, 5.74) is 1.87. The maximum Gasteiger partial charge on any atom is 0.357 e. The SMILES string of the molecule is CCOC(=O)c1ccc2nc(NC(=O)c3cccc(C#N)c3)n(CCCOC)c2n1. The first kappa shape index (κ1) is 21.0. The number of pyridine rings is 1. The molecule has 0 unspecified atom stereocenters. The van der Waals surface area contributed by atoms with Gasteiger partial charge in [0, 0.05) is 25.8 Å². The van der Waals surface area contributed by atoms with Gasteiger partial charge in [-0.2, -0.15) is 5.26 Å². The number of rotatable bonds is 8. The summed E-state index contributed by atoms with van der Waals surface area (Å²) in [4.78, 5) is 33.6. The predicted molar refractivity (Wildman–Crippen MR) is 109 cm³/mol. The molecule has 30 heavy (non-hydrogen) atoms. The van der Waals surface area contributed by atoms with Gasteiger partial charge in [-0.1, -0.05) is 6.07 Å². The topological polar surface area (TPSA) is 119 Å².